The molecule has 0 saturated heterocycles. The molecule has 5 nitrogen and oxygen atoms in total. The summed E-state index contributed by atoms with van der Waals surface area (Å²) in [6, 6.07) is 0. The highest BCUT2D eigenvalue weighted by Gasteiger charge is 2.10. The number of carbonyl (C=O) groups excluding carboxylic acids is 1. The maximum atomic E-state index is 10.9. The predicted molar refractivity (Wildman–Crippen MR) is 69.2 cm³/mol. The van der Waals surface area contributed by atoms with Gasteiger partial charge in [-0.05, 0) is 13.3 Å². The number of halogens is 1. The van der Waals surface area contributed by atoms with E-state index in [4.69, 9.17) is 11.6 Å². The highest BCUT2D eigenvalue weighted by Crippen LogP contribution is 2.18. The zero-order valence-electron chi connectivity index (χ0n) is 9.70. The number of carbonyl (C=O) groups is 1. The van der Waals surface area contributed by atoms with Gasteiger partial charge in [-0.2, -0.15) is 0 Å². The zero-order valence-corrected chi connectivity index (χ0v) is 11.3. The SMILES string of the molecule is Cc1nc(Cl)c(C=O)c(NCCCS(C)=O)n1. The Morgan fingerprint density at radius 3 is 2.76 bits per heavy atom. The van der Waals surface area contributed by atoms with Gasteiger partial charge in [-0.25, -0.2) is 9.97 Å². The van der Waals surface area contributed by atoms with E-state index in [1.54, 1.807) is 13.2 Å². The highest BCUT2D eigenvalue weighted by atomic mass is 35.5. The first-order valence-corrected chi connectivity index (χ1v) is 7.18. The van der Waals surface area contributed by atoms with Crippen LogP contribution in [0.5, 0.6) is 0 Å². The summed E-state index contributed by atoms with van der Waals surface area (Å²) in [6.45, 7) is 2.29. The summed E-state index contributed by atoms with van der Waals surface area (Å²) in [5.41, 5.74) is 0.259. The second kappa shape index (κ2) is 6.66. The second-order valence-corrected chi connectivity index (χ2v) is 5.41. The molecule has 0 saturated carbocycles. The number of aromatic nitrogens is 2. The fraction of sp³-hybridized carbons (Fsp3) is 0.500. The van der Waals surface area contributed by atoms with Crippen LogP contribution in [0, 0.1) is 6.92 Å². The minimum absolute atomic E-state index is 0.147. The first kappa shape index (κ1) is 14.1. The molecule has 0 aliphatic heterocycles. The van der Waals surface area contributed by atoms with E-state index < -0.39 is 10.8 Å². The molecule has 1 aromatic heterocycles. The third kappa shape index (κ3) is 4.40. The quantitative estimate of drug-likeness (QED) is 0.483. The lowest BCUT2D eigenvalue weighted by molar-refractivity contribution is 0.112. The van der Waals surface area contributed by atoms with Gasteiger partial charge in [0.2, 0.25) is 0 Å². The van der Waals surface area contributed by atoms with E-state index in [1.165, 1.54) is 0 Å². The van der Waals surface area contributed by atoms with Crippen LogP contribution in [0.3, 0.4) is 0 Å². The van der Waals surface area contributed by atoms with Crippen molar-refractivity contribution in [2.45, 2.75) is 13.3 Å². The van der Waals surface area contributed by atoms with Gasteiger partial charge in [-0.15, -0.1) is 0 Å². The molecule has 0 aliphatic carbocycles. The summed E-state index contributed by atoms with van der Waals surface area (Å²) < 4.78 is 10.9. The molecule has 0 bridgehead atoms. The fourth-order valence-corrected chi connectivity index (χ4v) is 2.08. The molecule has 0 aromatic carbocycles. The van der Waals surface area contributed by atoms with Crippen LogP contribution in [0.4, 0.5) is 5.82 Å². The Hall–Kier alpha value is -1.01. The molecule has 17 heavy (non-hydrogen) atoms. The number of aldehydes is 1. The number of hydrogen-bond acceptors (Lipinski definition) is 5. The number of nitrogens with one attached hydrogen (secondary N) is 1. The summed E-state index contributed by atoms with van der Waals surface area (Å²) in [6.07, 6.45) is 3.02. The molecule has 0 aliphatic rings. The molecule has 1 aromatic rings. The Kier molecular flexibility index (Phi) is 5.50. The van der Waals surface area contributed by atoms with Gasteiger partial charge in [0, 0.05) is 29.4 Å². The van der Waals surface area contributed by atoms with Gasteiger partial charge < -0.3 is 5.32 Å². The maximum absolute atomic E-state index is 10.9. The van der Waals surface area contributed by atoms with E-state index in [-0.39, 0.29) is 10.7 Å². The van der Waals surface area contributed by atoms with Crippen molar-refractivity contribution in [3.05, 3.63) is 16.5 Å². The minimum atomic E-state index is -0.808. The molecular weight excluding hydrogens is 262 g/mol. The molecule has 1 atom stereocenters. The molecule has 0 fully saturated rings. The predicted octanol–water partition coefficient (Wildman–Crippen LogP) is 1.43. The van der Waals surface area contributed by atoms with Gasteiger partial charge >= 0.3 is 0 Å². The van der Waals surface area contributed by atoms with E-state index in [0.717, 1.165) is 6.42 Å². The first-order chi connectivity index (χ1) is 8.04. The van der Waals surface area contributed by atoms with E-state index in [1.807, 2.05) is 0 Å². The maximum Gasteiger partial charge on any atom is 0.156 e. The molecule has 1 rings (SSSR count). The van der Waals surface area contributed by atoms with Crippen molar-refractivity contribution in [3.8, 4) is 0 Å². The summed E-state index contributed by atoms with van der Waals surface area (Å²) in [5.74, 6) is 1.54. The number of aryl methyl sites for hydroxylation is 1. The lowest BCUT2D eigenvalue weighted by Gasteiger charge is -2.08. The zero-order chi connectivity index (χ0) is 12.8. The third-order valence-corrected chi connectivity index (χ3v) is 3.18. The normalized spacial score (nSPS) is 12.2. The van der Waals surface area contributed by atoms with Gasteiger partial charge in [0.25, 0.3) is 0 Å². The van der Waals surface area contributed by atoms with Crippen LogP contribution < -0.4 is 5.32 Å². The molecule has 94 valence electrons. The van der Waals surface area contributed by atoms with E-state index in [2.05, 4.69) is 15.3 Å². The monoisotopic (exact) mass is 275 g/mol. The standard InChI is InChI=1S/C10H14ClN3O2S/c1-7-13-9(11)8(6-15)10(14-7)12-4-3-5-17(2)16/h6H,3-5H2,1-2H3,(H,12,13,14). The summed E-state index contributed by atoms with van der Waals surface area (Å²) in [4.78, 5) is 18.9. The van der Waals surface area contributed by atoms with Gasteiger partial charge in [0.1, 0.15) is 16.8 Å². The largest absolute Gasteiger partial charge is 0.369 e. The van der Waals surface area contributed by atoms with Gasteiger partial charge in [-0.1, -0.05) is 11.6 Å². The topological polar surface area (TPSA) is 72.0 Å². The lowest BCUT2D eigenvalue weighted by Crippen LogP contribution is -2.10. The average molecular weight is 276 g/mol. The Bertz CT molecular complexity index is 440. The highest BCUT2D eigenvalue weighted by molar-refractivity contribution is 7.84. The van der Waals surface area contributed by atoms with Gasteiger partial charge in [0.05, 0.1) is 5.56 Å². The van der Waals surface area contributed by atoms with Crippen molar-refractivity contribution in [3.63, 3.8) is 0 Å². The van der Waals surface area contributed by atoms with Crippen LogP contribution in [0.2, 0.25) is 5.15 Å². The Morgan fingerprint density at radius 2 is 2.18 bits per heavy atom. The molecule has 1 heterocycles. The van der Waals surface area contributed by atoms with E-state index in [9.17, 15) is 9.00 Å². The first-order valence-electron chi connectivity index (χ1n) is 5.07. The Balaban J connectivity index is 2.69. The van der Waals surface area contributed by atoms with Crippen molar-refractivity contribution in [1.29, 1.82) is 0 Å². The number of hydrogen-bond donors (Lipinski definition) is 1. The van der Waals surface area contributed by atoms with Crippen molar-refractivity contribution in [1.82, 2.24) is 9.97 Å². The molecule has 0 amide bonds. The Labute approximate surface area is 107 Å². The van der Waals surface area contributed by atoms with E-state index in [0.29, 0.717) is 30.2 Å². The summed E-state index contributed by atoms with van der Waals surface area (Å²) in [5, 5.41) is 3.15. The van der Waals surface area contributed by atoms with Crippen molar-refractivity contribution in [2.24, 2.45) is 0 Å². The number of rotatable bonds is 6. The van der Waals surface area contributed by atoms with Crippen LogP contribution >= 0.6 is 11.6 Å². The smallest absolute Gasteiger partial charge is 0.156 e. The van der Waals surface area contributed by atoms with Crippen LogP contribution in [0.1, 0.15) is 22.6 Å². The fourth-order valence-electron chi connectivity index (χ4n) is 1.27. The number of anilines is 1. The molecular formula is C10H14ClN3O2S. The average Bonchev–Trinajstić information content (AvgIpc) is 2.23. The summed E-state index contributed by atoms with van der Waals surface area (Å²) in [7, 11) is -0.808. The van der Waals surface area contributed by atoms with E-state index >= 15 is 0 Å². The lowest BCUT2D eigenvalue weighted by atomic mass is 10.3. The molecule has 7 heteroatoms. The van der Waals surface area contributed by atoms with Crippen LogP contribution in [0.25, 0.3) is 0 Å². The summed E-state index contributed by atoms with van der Waals surface area (Å²) >= 11 is 5.83. The third-order valence-electron chi connectivity index (χ3n) is 2.03. The second-order valence-electron chi connectivity index (χ2n) is 3.50. The molecule has 1 N–H and O–H groups in total. The van der Waals surface area contributed by atoms with Crippen LogP contribution in [-0.2, 0) is 10.8 Å². The van der Waals surface area contributed by atoms with Crippen molar-refractivity contribution >= 4 is 34.5 Å². The molecule has 1 unspecified atom stereocenters. The molecule has 0 radical (unpaired) electrons. The Morgan fingerprint density at radius 1 is 1.47 bits per heavy atom. The minimum Gasteiger partial charge on any atom is -0.369 e. The molecule has 0 spiro atoms. The van der Waals surface area contributed by atoms with Gasteiger partial charge in [-0.3, -0.25) is 9.00 Å². The van der Waals surface area contributed by atoms with Crippen molar-refractivity contribution < 1.29 is 9.00 Å². The van der Waals surface area contributed by atoms with Crippen molar-refractivity contribution in [2.75, 3.05) is 23.9 Å². The number of nitrogens with zero attached hydrogens (tertiary/aromatic N) is 2. The van der Waals surface area contributed by atoms with Crippen LogP contribution in [0.15, 0.2) is 0 Å². The van der Waals surface area contributed by atoms with Gasteiger partial charge in [0.15, 0.2) is 6.29 Å². The van der Waals surface area contributed by atoms with Crippen LogP contribution in [-0.4, -0.2) is 39.0 Å².